The molecule has 1 aliphatic rings. The number of benzene rings is 1. The number of nitrogens with zero attached hydrogens (tertiary/aromatic N) is 1. The van der Waals surface area contributed by atoms with Crippen molar-refractivity contribution in [3.05, 3.63) is 40.3 Å². The zero-order valence-corrected chi connectivity index (χ0v) is 12.3. The summed E-state index contributed by atoms with van der Waals surface area (Å²) >= 11 is 3.57. The highest BCUT2D eigenvalue weighted by molar-refractivity contribution is 9.10. The van der Waals surface area contributed by atoms with E-state index in [1.165, 1.54) is 0 Å². The Labute approximate surface area is 120 Å². The van der Waals surface area contributed by atoms with Gasteiger partial charge in [-0.1, -0.05) is 34.1 Å². The van der Waals surface area contributed by atoms with Crippen LogP contribution in [0.5, 0.6) is 0 Å². The molecular formula is C14H16BrN3O. The Morgan fingerprint density at radius 3 is 2.95 bits per heavy atom. The summed E-state index contributed by atoms with van der Waals surface area (Å²) in [5.74, 6) is 0.899. The molecule has 0 spiro atoms. The van der Waals surface area contributed by atoms with E-state index in [2.05, 4.69) is 32.3 Å². The predicted octanol–water partition coefficient (Wildman–Crippen LogP) is 2.81. The summed E-state index contributed by atoms with van der Waals surface area (Å²) in [5.41, 5.74) is 3.15. The van der Waals surface area contributed by atoms with Crippen molar-refractivity contribution >= 4 is 15.9 Å². The molecule has 1 saturated heterocycles. The normalized spacial score (nSPS) is 19.6. The lowest BCUT2D eigenvalue weighted by Gasteiger charge is -2.21. The van der Waals surface area contributed by atoms with Crippen LogP contribution in [-0.2, 0) is 4.74 Å². The van der Waals surface area contributed by atoms with E-state index in [9.17, 15) is 0 Å². The minimum atomic E-state index is 0.0173. The highest BCUT2D eigenvalue weighted by Crippen LogP contribution is 2.30. The maximum Gasteiger partial charge on any atom is 0.137 e. The number of aryl methyl sites for hydroxylation is 1. The van der Waals surface area contributed by atoms with E-state index < -0.39 is 0 Å². The summed E-state index contributed by atoms with van der Waals surface area (Å²) in [5, 5.41) is 3.32. The number of aromatic amines is 1. The standard InChI is InChI=1S/C14H16BrN3O/c1-9-13(10-4-2-3-5-11(10)15)18-14(17-9)12-8-16-6-7-19-12/h2-5,12,16H,6-8H2,1H3,(H,17,18). The van der Waals surface area contributed by atoms with Crippen LogP contribution in [0.2, 0.25) is 0 Å². The van der Waals surface area contributed by atoms with E-state index in [0.29, 0.717) is 0 Å². The van der Waals surface area contributed by atoms with Crippen LogP contribution in [-0.4, -0.2) is 29.7 Å². The van der Waals surface area contributed by atoms with Crippen LogP contribution in [0.4, 0.5) is 0 Å². The second-order valence-corrected chi connectivity index (χ2v) is 5.49. The third-order valence-corrected chi connectivity index (χ3v) is 3.96. The van der Waals surface area contributed by atoms with Gasteiger partial charge in [-0.15, -0.1) is 0 Å². The smallest absolute Gasteiger partial charge is 0.137 e. The zero-order valence-electron chi connectivity index (χ0n) is 10.7. The minimum Gasteiger partial charge on any atom is -0.368 e. The van der Waals surface area contributed by atoms with Crippen LogP contribution in [0, 0.1) is 6.92 Å². The van der Waals surface area contributed by atoms with Gasteiger partial charge in [0.15, 0.2) is 0 Å². The third kappa shape index (κ3) is 2.59. The van der Waals surface area contributed by atoms with Crippen LogP contribution in [0.25, 0.3) is 11.3 Å². The number of hydrogen-bond acceptors (Lipinski definition) is 3. The first kappa shape index (κ1) is 12.8. The average Bonchev–Trinajstić information content (AvgIpc) is 2.82. The molecule has 1 aromatic heterocycles. The van der Waals surface area contributed by atoms with E-state index in [-0.39, 0.29) is 6.10 Å². The van der Waals surface area contributed by atoms with Gasteiger partial charge in [0, 0.05) is 28.8 Å². The summed E-state index contributed by atoms with van der Waals surface area (Å²) in [7, 11) is 0. The fourth-order valence-corrected chi connectivity index (χ4v) is 2.77. The van der Waals surface area contributed by atoms with Crippen molar-refractivity contribution < 1.29 is 4.74 Å². The summed E-state index contributed by atoms with van der Waals surface area (Å²) in [6, 6.07) is 8.12. The Kier molecular flexibility index (Phi) is 3.68. The summed E-state index contributed by atoms with van der Waals surface area (Å²) in [6.07, 6.45) is 0.0173. The van der Waals surface area contributed by atoms with Gasteiger partial charge in [0.2, 0.25) is 0 Å². The molecule has 1 atom stereocenters. The van der Waals surface area contributed by atoms with E-state index in [4.69, 9.17) is 9.72 Å². The van der Waals surface area contributed by atoms with Crippen LogP contribution >= 0.6 is 15.9 Å². The van der Waals surface area contributed by atoms with Crippen LogP contribution in [0.1, 0.15) is 17.6 Å². The molecule has 2 N–H and O–H groups in total. The number of ether oxygens (including phenoxy) is 1. The van der Waals surface area contributed by atoms with Crippen molar-refractivity contribution in [2.24, 2.45) is 0 Å². The molecule has 2 aromatic rings. The molecule has 0 bridgehead atoms. The van der Waals surface area contributed by atoms with E-state index in [1.807, 2.05) is 25.1 Å². The van der Waals surface area contributed by atoms with Crippen molar-refractivity contribution in [2.75, 3.05) is 19.7 Å². The lowest BCUT2D eigenvalue weighted by atomic mass is 10.1. The molecule has 1 unspecified atom stereocenters. The van der Waals surface area contributed by atoms with Crippen molar-refractivity contribution in [3.63, 3.8) is 0 Å². The van der Waals surface area contributed by atoms with Crippen molar-refractivity contribution in [2.45, 2.75) is 13.0 Å². The van der Waals surface area contributed by atoms with E-state index in [1.54, 1.807) is 0 Å². The van der Waals surface area contributed by atoms with Gasteiger partial charge < -0.3 is 15.0 Å². The number of aromatic nitrogens is 2. The summed E-state index contributed by atoms with van der Waals surface area (Å²) in [4.78, 5) is 8.06. The Morgan fingerprint density at radius 2 is 2.21 bits per heavy atom. The molecule has 1 fully saturated rings. The van der Waals surface area contributed by atoms with Gasteiger partial charge in [-0.05, 0) is 13.0 Å². The minimum absolute atomic E-state index is 0.0173. The molecule has 2 heterocycles. The van der Waals surface area contributed by atoms with E-state index >= 15 is 0 Å². The number of rotatable bonds is 2. The van der Waals surface area contributed by atoms with Crippen LogP contribution < -0.4 is 5.32 Å². The number of morpholine rings is 1. The number of hydrogen-bond donors (Lipinski definition) is 2. The summed E-state index contributed by atoms with van der Waals surface area (Å²) < 4.78 is 6.78. The first-order chi connectivity index (χ1) is 9.25. The number of halogens is 1. The molecule has 100 valence electrons. The molecule has 1 aromatic carbocycles. The van der Waals surface area contributed by atoms with Gasteiger partial charge in [-0.3, -0.25) is 0 Å². The van der Waals surface area contributed by atoms with Gasteiger partial charge in [0.1, 0.15) is 11.9 Å². The van der Waals surface area contributed by atoms with Crippen molar-refractivity contribution in [1.29, 1.82) is 0 Å². The Bertz CT molecular complexity index is 576. The van der Waals surface area contributed by atoms with Gasteiger partial charge in [0.25, 0.3) is 0 Å². The SMILES string of the molecule is Cc1[nH]c(C2CNCCO2)nc1-c1ccccc1Br. The molecule has 5 heteroatoms. The first-order valence-electron chi connectivity index (χ1n) is 6.39. The predicted molar refractivity (Wildman–Crippen MR) is 78.0 cm³/mol. The Morgan fingerprint density at radius 1 is 1.37 bits per heavy atom. The van der Waals surface area contributed by atoms with Gasteiger partial charge in [-0.2, -0.15) is 0 Å². The highest BCUT2D eigenvalue weighted by Gasteiger charge is 2.21. The van der Waals surface area contributed by atoms with Crippen LogP contribution in [0.15, 0.2) is 28.7 Å². The number of imidazole rings is 1. The molecular weight excluding hydrogens is 306 g/mol. The molecule has 3 rings (SSSR count). The molecule has 0 amide bonds. The van der Waals surface area contributed by atoms with Crippen molar-refractivity contribution in [3.8, 4) is 11.3 Å². The Hall–Kier alpha value is -1.17. The monoisotopic (exact) mass is 321 g/mol. The fourth-order valence-electron chi connectivity index (χ4n) is 2.29. The molecule has 0 radical (unpaired) electrons. The maximum absolute atomic E-state index is 5.73. The molecule has 4 nitrogen and oxygen atoms in total. The molecule has 0 saturated carbocycles. The number of nitrogens with one attached hydrogen (secondary N) is 2. The van der Waals surface area contributed by atoms with Gasteiger partial charge >= 0.3 is 0 Å². The van der Waals surface area contributed by atoms with Gasteiger partial charge in [-0.25, -0.2) is 4.98 Å². The zero-order chi connectivity index (χ0) is 13.2. The quantitative estimate of drug-likeness (QED) is 0.894. The largest absolute Gasteiger partial charge is 0.368 e. The van der Waals surface area contributed by atoms with Crippen LogP contribution in [0.3, 0.4) is 0 Å². The second kappa shape index (κ2) is 5.45. The topological polar surface area (TPSA) is 49.9 Å². The maximum atomic E-state index is 5.73. The molecule has 1 aliphatic heterocycles. The molecule has 0 aliphatic carbocycles. The fraction of sp³-hybridized carbons (Fsp3) is 0.357. The Balaban J connectivity index is 1.95. The van der Waals surface area contributed by atoms with E-state index in [0.717, 1.165) is 46.9 Å². The highest BCUT2D eigenvalue weighted by atomic mass is 79.9. The summed E-state index contributed by atoms with van der Waals surface area (Å²) in [6.45, 7) is 4.49. The lowest BCUT2D eigenvalue weighted by molar-refractivity contribution is 0.0226. The average molecular weight is 322 g/mol. The first-order valence-corrected chi connectivity index (χ1v) is 7.18. The van der Waals surface area contributed by atoms with Crippen molar-refractivity contribution in [1.82, 2.24) is 15.3 Å². The van der Waals surface area contributed by atoms with Gasteiger partial charge in [0.05, 0.1) is 12.3 Å². The third-order valence-electron chi connectivity index (χ3n) is 3.26. The molecule has 19 heavy (non-hydrogen) atoms. The number of H-pyrrole nitrogens is 1. The lowest BCUT2D eigenvalue weighted by Crippen LogP contribution is -2.33. The second-order valence-electron chi connectivity index (χ2n) is 4.64.